The van der Waals surface area contributed by atoms with Crippen LogP contribution in [0.5, 0.6) is 23.0 Å². The van der Waals surface area contributed by atoms with Crippen LogP contribution in [0.2, 0.25) is 0 Å². The minimum absolute atomic E-state index is 0.103. The Morgan fingerprint density at radius 1 is 0.667 bits per heavy atom. The Morgan fingerprint density at radius 3 is 1.83 bits per heavy atom. The molecule has 0 spiro atoms. The Kier molecular flexibility index (Phi) is 5.55. The van der Waals surface area contributed by atoms with Crippen molar-refractivity contribution in [1.82, 2.24) is 0 Å². The van der Waals surface area contributed by atoms with Gasteiger partial charge in [-0.05, 0) is 34.9 Å². The fourth-order valence-electron chi connectivity index (χ4n) is 4.47. The summed E-state index contributed by atoms with van der Waals surface area (Å²) < 4.78 is 22.2. The highest BCUT2D eigenvalue weighted by molar-refractivity contribution is 5.59. The summed E-state index contributed by atoms with van der Waals surface area (Å²) >= 11 is 0. The van der Waals surface area contributed by atoms with Gasteiger partial charge in [-0.1, -0.05) is 30.3 Å². The maximum atomic E-state index is 11.5. The Morgan fingerprint density at radius 2 is 1.27 bits per heavy atom. The molecule has 3 atom stereocenters. The summed E-state index contributed by atoms with van der Waals surface area (Å²) in [6, 6.07) is 19.7. The SMILES string of the molecule is COc1cc(OC)cc([C@@H]2C(O)c3cc(OC)cc(OC)c3[C@H]2c2ccccc2)c1. The van der Waals surface area contributed by atoms with Crippen molar-refractivity contribution in [1.29, 1.82) is 0 Å². The van der Waals surface area contributed by atoms with Gasteiger partial charge in [0.05, 0.1) is 34.5 Å². The Hall–Kier alpha value is -3.18. The molecule has 0 heterocycles. The zero-order chi connectivity index (χ0) is 21.3. The van der Waals surface area contributed by atoms with Crippen LogP contribution in [-0.4, -0.2) is 33.5 Å². The largest absolute Gasteiger partial charge is 0.497 e. The molecular weight excluding hydrogens is 380 g/mol. The van der Waals surface area contributed by atoms with Gasteiger partial charge in [0.2, 0.25) is 0 Å². The number of aliphatic hydroxyl groups excluding tert-OH is 1. The molecule has 0 bridgehead atoms. The number of methoxy groups -OCH3 is 4. The van der Waals surface area contributed by atoms with Gasteiger partial charge in [0, 0.05) is 29.5 Å². The summed E-state index contributed by atoms with van der Waals surface area (Å²) in [5.41, 5.74) is 3.82. The van der Waals surface area contributed by atoms with Crippen LogP contribution in [0.3, 0.4) is 0 Å². The highest BCUT2D eigenvalue weighted by Gasteiger charge is 2.44. The third-order valence-electron chi connectivity index (χ3n) is 5.85. The van der Waals surface area contributed by atoms with Gasteiger partial charge in [-0.15, -0.1) is 0 Å². The lowest BCUT2D eigenvalue weighted by atomic mass is 9.80. The zero-order valence-electron chi connectivity index (χ0n) is 17.6. The van der Waals surface area contributed by atoms with Gasteiger partial charge in [-0.2, -0.15) is 0 Å². The third-order valence-corrected chi connectivity index (χ3v) is 5.85. The number of fused-ring (bicyclic) bond motifs is 1. The van der Waals surface area contributed by atoms with E-state index in [1.807, 2.05) is 48.5 Å². The standard InChI is InChI=1S/C25H26O5/c1-27-17-10-16(11-18(12-17)28-2)23-22(15-8-6-5-7-9-15)24-20(25(23)26)13-19(29-3)14-21(24)30-4/h5-14,22-23,25-26H,1-4H3/t22-,23-,25?/m0/s1. The third kappa shape index (κ3) is 3.35. The molecule has 3 aromatic rings. The number of hydrogen-bond donors (Lipinski definition) is 1. The lowest BCUT2D eigenvalue weighted by molar-refractivity contribution is 0.152. The zero-order valence-corrected chi connectivity index (χ0v) is 17.6. The van der Waals surface area contributed by atoms with Crippen LogP contribution in [0, 0.1) is 0 Å². The molecule has 4 rings (SSSR count). The van der Waals surface area contributed by atoms with E-state index >= 15 is 0 Å². The minimum Gasteiger partial charge on any atom is -0.497 e. The maximum Gasteiger partial charge on any atom is 0.126 e. The smallest absolute Gasteiger partial charge is 0.126 e. The van der Waals surface area contributed by atoms with Crippen LogP contribution in [-0.2, 0) is 0 Å². The molecule has 0 fully saturated rings. The van der Waals surface area contributed by atoms with E-state index in [2.05, 4.69) is 12.1 Å². The van der Waals surface area contributed by atoms with E-state index in [1.165, 1.54) is 0 Å². The second kappa shape index (κ2) is 8.28. The minimum atomic E-state index is -0.744. The van der Waals surface area contributed by atoms with E-state index in [4.69, 9.17) is 18.9 Å². The molecule has 0 saturated heterocycles. The fraction of sp³-hybridized carbons (Fsp3) is 0.280. The molecule has 1 aliphatic carbocycles. The number of hydrogen-bond acceptors (Lipinski definition) is 5. The summed E-state index contributed by atoms with van der Waals surface area (Å²) in [5, 5.41) is 11.5. The first-order chi connectivity index (χ1) is 14.6. The van der Waals surface area contributed by atoms with Crippen LogP contribution in [0.4, 0.5) is 0 Å². The first kappa shape index (κ1) is 20.1. The summed E-state index contributed by atoms with van der Waals surface area (Å²) in [7, 11) is 6.51. The molecule has 0 aromatic heterocycles. The van der Waals surface area contributed by atoms with Crippen LogP contribution < -0.4 is 18.9 Å². The predicted octanol–water partition coefficient (Wildman–Crippen LogP) is 4.68. The van der Waals surface area contributed by atoms with Gasteiger partial charge in [-0.3, -0.25) is 0 Å². The van der Waals surface area contributed by atoms with Crippen molar-refractivity contribution in [3.8, 4) is 23.0 Å². The number of rotatable bonds is 6. The van der Waals surface area contributed by atoms with Crippen LogP contribution >= 0.6 is 0 Å². The van der Waals surface area contributed by atoms with E-state index < -0.39 is 6.10 Å². The second-order valence-electron chi connectivity index (χ2n) is 7.34. The van der Waals surface area contributed by atoms with E-state index in [0.29, 0.717) is 23.0 Å². The van der Waals surface area contributed by atoms with Crippen molar-refractivity contribution in [2.75, 3.05) is 28.4 Å². The highest BCUT2D eigenvalue weighted by Crippen LogP contribution is 2.57. The van der Waals surface area contributed by atoms with Crippen LogP contribution in [0.1, 0.15) is 40.2 Å². The summed E-state index contributed by atoms with van der Waals surface area (Å²) in [6.45, 7) is 0. The van der Waals surface area contributed by atoms with Gasteiger partial charge in [0.15, 0.2) is 0 Å². The Bertz CT molecular complexity index is 1010. The molecule has 0 aliphatic heterocycles. The fourth-order valence-corrected chi connectivity index (χ4v) is 4.47. The number of aliphatic hydroxyl groups is 1. The van der Waals surface area contributed by atoms with E-state index in [9.17, 15) is 5.11 Å². The Balaban J connectivity index is 1.96. The first-order valence-corrected chi connectivity index (χ1v) is 9.83. The normalized spacial score (nSPS) is 19.8. The van der Waals surface area contributed by atoms with E-state index in [1.54, 1.807) is 28.4 Å². The predicted molar refractivity (Wildman–Crippen MR) is 115 cm³/mol. The van der Waals surface area contributed by atoms with Gasteiger partial charge in [-0.25, -0.2) is 0 Å². The van der Waals surface area contributed by atoms with Gasteiger partial charge < -0.3 is 24.1 Å². The van der Waals surface area contributed by atoms with Crippen molar-refractivity contribution in [3.63, 3.8) is 0 Å². The quantitative estimate of drug-likeness (QED) is 0.644. The molecule has 3 aromatic carbocycles. The molecule has 156 valence electrons. The molecule has 1 aliphatic rings. The lowest BCUT2D eigenvalue weighted by Crippen LogP contribution is -2.12. The summed E-state index contributed by atoms with van der Waals surface area (Å²) in [6.07, 6.45) is -0.744. The molecule has 1 unspecified atom stereocenters. The van der Waals surface area contributed by atoms with Crippen molar-refractivity contribution < 1.29 is 24.1 Å². The highest BCUT2D eigenvalue weighted by atomic mass is 16.5. The summed E-state index contributed by atoms with van der Waals surface area (Å²) in [5.74, 6) is 2.38. The van der Waals surface area contributed by atoms with Gasteiger partial charge >= 0.3 is 0 Å². The summed E-state index contributed by atoms with van der Waals surface area (Å²) in [4.78, 5) is 0. The van der Waals surface area contributed by atoms with Crippen LogP contribution in [0.25, 0.3) is 0 Å². The van der Waals surface area contributed by atoms with Crippen molar-refractivity contribution in [3.05, 3.63) is 82.9 Å². The van der Waals surface area contributed by atoms with Crippen molar-refractivity contribution >= 4 is 0 Å². The molecule has 5 heteroatoms. The number of ether oxygens (including phenoxy) is 4. The Labute approximate surface area is 176 Å². The van der Waals surface area contributed by atoms with Gasteiger partial charge in [0.25, 0.3) is 0 Å². The molecule has 0 saturated carbocycles. The van der Waals surface area contributed by atoms with Crippen LogP contribution in [0.15, 0.2) is 60.7 Å². The topological polar surface area (TPSA) is 57.2 Å². The molecule has 5 nitrogen and oxygen atoms in total. The van der Waals surface area contributed by atoms with Crippen molar-refractivity contribution in [2.24, 2.45) is 0 Å². The van der Waals surface area contributed by atoms with E-state index in [0.717, 1.165) is 22.3 Å². The molecule has 0 amide bonds. The van der Waals surface area contributed by atoms with Gasteiger partial charge in [0.1, 0.15) is 23.0 Å². The maximum absolute atomic E-state index is 11.5. The van der Waals surface area contributed by atoms with Crippen molar-refractivity contribution in [2.45, 2.75) is 17.9 Å². The monoisotopic (exact) mass is 406 g/mol. The number of benzene rings is 3. The average molecular weight is 406 g/mol. The molecule has 1 N–H and O–H groups in total. The lowest BCUT2D eigenvalue weighted by Gasteiger charge is -2.25. The first-order valence-electron chi connectivity index (χ1n) is 9.83. The molecular formula is C25H26O5. The molecule has 0 radical (unpaired) electrons. The van der Waals surface area contributed by atoms with E-state index in [-0.39, 0.29) is 11.8 Å². The average Bonchev–Trinajstić information content (AvgIpc) is 3.10. The second-order valence-corrected chi connectivity index (χ2v) is 7.34. The molecule has 30 heavy (non-hydrogen) atoms.